The zero-order valence-corrected chi connectivity index (χ0v) is 12.4. The Labute approximate surface area is 128 Å². The number of hydrogen-bond donors (Lipinski definition) is 2. The first-order valence-electron chi connectivity index (χ1n) is 7.87. The quantitative estimate of drug-likeness (QED) is 0.862. The molecule has 0 unspecified atom stereocenters. The van der Waals surface area contributed by atoms with E-state index in [0.717, 1.165) is 24.1 Å². The summed E-state index contributed by atoms with van der Waals surface area (Å²) in [5.74, 6) is -0.0164. The van der Waals surface area contributed by atoms with E-state index in [2.05, 4.69) is 14.9 Å². The average Bonchev–Trinajstić information content (AvgIpc) is 3.25. The number of aromatic amines is 1. The molecule has 3 heterocycles. The molecular formula is C16H20N4O2. The van der Waals surface area contributed by atoms with Crippen LogP contribution >= 0.6 is 0 Å². The lowest BCUT2D eigenvalue weighted by molar-refractivity contribution is 0.0763. The number of rotatable bonds is 2. The molecule has 0 bridgehead atoms. The first kappa shape index (κ1) is 13.7. The summed E-state index contributed by atoms with van der Waals surface area (Å²) in [7, 11) is 0. The van der Waals surface area contributed by atoms with Gasteiger partial charge in [-0.1, -0.05) is 0 Å². The van der Waals surface area contributed by atoms with Gasteiger partial charge in [0.1, 0.15) is 0 Å². The van der Waals surface area contributed by atoms with Gasteiger partial charge in [-0.2, -0.15) is 0 Å². The van der Waals surface area contributed by atoms with Crippen LogP contribution in [-0.4, -0.2) is 69.1 Å². The summed E-state index contributed by atoms with van der Waals surface area (Å²) >= 11 is 0. The number of aliphatic hydroxyl groups excluding tert-OH is 1. The third-order valence-corrected chi connectivity index (χ3v) is 4.82. The van der Waals surface area contributed by atoms with Gasteiger partial charge in [0.15, 0.2) is 0 Å². The molecule has 0 spiro atoms. The van der Waals surface area contributed by atoms with Crippen LogP contribution in [0.25, 0.3) is 11.0 Å². The Hall–Kier alpha value is -1.92. The lowest BCUT2D eigenvalue weighted by atomic mass is 10.2. The maximum atomic E-state index is 12.7. The number of imidazole rings is 1. The molecule has 6 heteroatoms. The number of benzene rings is 1. The van der Waals surface area contributed by atoms with Gasteiger partial charge in [-0.05, 0) is 44.1 Å². The van der Waals surface area contributed by atoms with Gasteiger partial charge < -0.3 is 15.0 Å². The number of hydrogen-bond acceptors (Lipinski definition) is 4. The van der Waals surface area contributed by atoms with E-state index in [1.54, 1.807) is 17.3 Å². The van der Waals surface area contributed by atoms with E-state index >= 15 is 0 Å². The molecule has 2 aliphatic rings. The van der Waals surface area contributed by atoms with Crippen molar-refractivity contribution in [2.45, 2.75) is 25.0 Å². The van der Waals surface area contributed by atoms with Crippen molar-refractivity contribution in [3.63, 3.8) is 0 Å². The number of carbonyl (C=O) groups is 1. The fourth-order valence-corrected chi connectivity index (χ4v) is 3.62. The highest BCUT2D eigenvalue weighted by Crippen LogP contribution is 2.23. The van der Waals surface area contributed by atoms with Crippen molar-refractivity contribution in [3.05, 3.63) is 30.1 Å². The van der Waals surface area contributed by atoms with Crippen LogP contribution in [0.3, 0.4) is 0 Å². The van der Waals surface area contributed by atoms with E-state index in [4.69, 9.17) is 0 Å². The predicted molar refractivity (Wildman–Crippen MR) is 82.6 cm³/mol. The zero-order valence-electron chi connectivity index (χ0n) is 12.4. The first-order valence-corrected chi connectivity index (χ1v) is 7.87. The molecule has 2 N–H and O–H groups in total. The third kappa shape index (κ3) is 2.28. The standard InChI is InChI=1S/C16H20N4O2/c21-15-9-20(8-14(15)19-5-1-2-6-19)16(22)11-3-4-12-13(7-11)18-10-17-12/h3-4,7,10,14-15,21H,1-2,5-6,8-9H2,(H,17,18)/t14-,15-/m1/s1. The normalized spacial score (nSPS) is 26.1. The van der Waals surface area contributed by atoms with E-state index < -0.39 is 6.10 Å². The maximum absolute atomic E-state index is 12.7. The number of likely N-dealkylation sites (tertiary alicyclic amines) is 2. The van der Waals surface area contributed by atoms with Crippen molar-refractivity contribution < 1.29 is 9.90 Å². The fourth-order valence-electron chi connectivity index (χ4n) is 3.62. The monoisotopic (exact) mass is 300 g/mol. The Morgan fingerprint density at radius 3 is 2.91 bits per heavy atom. The molecule has 22 heavy (non-hydrogen) atoms. The average molecular weight is 300 g/mol. The highest BCUT2D eigenvalue weighted by Gasteiger charge is 2.38. The van der Waals surface area contributed by atoms with Crippen molar-refractivity contribution in [2.75, 3.05) is 26.2 Å². The van der Waals surface area contributed by atoms with Gasteiger partial charge in [-0.25, -0.2) is 4.98 Å². The summed E-state index contributed by atoms with van der Waals surface area (Å²) in [5.41, 5.74) is 2.36. The number of aromatic nitrogens is 2. The summed E-state index contributed by atoms with van der Waals surface area (Å²) in [6.45, 7) is 3.09. The molecule has 1 amide bonds. The third-order valence-electron chi connectivity index (χ3n) is 4.82. The van der Waals surface area contributed by atoms with Crippen molar-refractivity contribution in [2.24, 2.45) is 0 Å². The summed E-state index contributed by atoms with van der Waals surface area (Å²) in [5, 5.41) is 10.3. The number of nitrogens with one attached hydrogen (secondary N) is 1. The number of aliphatic hydroxyl groups is 1. The lowest BCUT2D eigenvalue weighted by Crippen LogP contribution is -2.41. The number of amides is 1. The van der Waals surface area contributed by atoms with Crippen LogP contribution in [0, 0.1) is 0 Å². The second-order valence-electron chi connectivity index (χ2n) is 6.22. The van der Waals surface area contributed by atoms with Crippen molar-refractivity contribution in [3.8, 4) is 0 Å². The lowest BCUT2D eigenvalue weighted by Gasteiger charge is -2.25. The van der Waals surface area contributed by atoms with E-state index in [1.807, 2.05) is 12.1 Å². The number of nitrogens with zero attached hydrogens (tertiary/aromatic N) is 3. The van der Waals surface area contributed by atoms with Crippen molar-refractivity contribution in [1.82, 2.24) is 19.8 Å². The Bertz CT molecular complexity index is 692. The van der Waals surface area contributed by atoms with Crippen LogP contribution in [-0.2, 0) is 0 Å². The highest BCUT2D eigenvalue weighted by molar-refractivity contribution is 5.97. The van der Waals surface area contributed by atoms with Crippen LogP contribution in [0.2, 0.25) is 0 Å². The summed E-state index contributed by atoms with van der Waals surface area (Å²) in [6.07, 6.45) is 3.56. The molecule has 2 saturated heterocycles. The minimum atomic E-state index is -0.446. The topological polar surface area (TPSA) is 72.5 Å². The molecule has 2 fully saturated rings. The summed E-state index contributed by atoms with van der Waals surface area (Å²) in [6, 6.07) is 5.58. The molecule has 4 rings (SSSR count). The van der Waals surface area contributed by atoms with E-state index in [1.165, 1.54) is 12.8 Å². The van der Waals surface area contributed by atoms with Gasteiger partial charge in [0.2, 0.25) is 0 Å². The molecule has 1 aromatic carbocycles. The van der Waals surface area contributed by atoms with Crippen LogP contribution < -0.4 is 0 Å². The Morgan fingerprint density at radius 1 is 1.27 bits per heavy atom. The van der Waals surface area contributed by atoms with Crippen LogP contribution in [0.15, 0.2) is 24.5 Å². The van der Waals surface area contributed by atoms with Gasteiger partial charge in [0.05, 0.1) is 29.5 Å². The Kier molecular flexibility index (Phi) is 3.35. The molecule has 116 valence electrons. The molecule has 2 aromatic rings. The second-order valence-corrected chi connectivity index (χ2v) is 6.22. The van der Waals surface area contributed by atoms with Gasteiger partial charge in [-0.3, -0.25) is 9.69 Å². The number of β-amino-alcohol motifs (C(OH)–C–C–N with tert-alkyl or cyclic N) is 1. The molecule has 0 radical (unpaired) electrons. The maximum Gasteiger partial charge on any atom is 0.254 e. The van der Waals surface area contributed by atoms with E-state index in [0.29, 0.717) is 18.7 Å². The molecule has 6 nitrogen and oxygen atoms in total. The van der Waals surface area contributed by atoms with Gasteiger partial charge >= 0.3 is 0 Å². The first-order chi connectivity index (χ1) is 10.7. The largest absolute Gasteiger partial charge is 0.390 e. The van der Waals surface area contributed by atoms with Gasteiger partial charge in [0, 0.05) is 18.7 Å². The number of H-pyrrole nitrogens is 1. The van der Waals surface area contributed by atoms with Gasteiger partial charge in [-0.15, -0.1) is 0 Å². The molecule has 0 saturated carbocycles. The van der Waals surface area contributed by atoms with Crippen LogP contribution in [0.1, 0.15) is 23.2 Å². The minimum Gasteiger partial charge on any atom is -0.390 e. The van der Waals surface area contributed by atoms with Crippen LogP contribution in [0.4, 0.5) is 0 Å². The smallest absolute Gasteiger partial charge is 0.254 e. The summed E-state index contributed by atoms with van der Waals surface area (Å²) < 4.78 is 0. The number of carbonyl (C=O) groups excluding carboxylic acids is 1. The SMILES string of the molecule is O=C(c1ccc2nc[nH]c2c1)N1C[C@@H](O)[C@H](N2CCCC2)C1. The fraction of sp³-hybridized carbons (Fsp3) is 0.500. The van der Waals surface area contributed by atoms with Gasteiger partial charge in [0.25, 0.3) is 5.91 Å². The predicted octanol–water partition coefficient (Wildman–Crippen LogP) is 0.844. The van der Waals surface area contributed by atoms with Crippen LogP contribution in [0.5, 0.6) is 0 Å². The second kappa shape index (κ2) is 5.37. The van der Waals surface area contributed by atoms with E-state index in [-0.39, 0.29) is 11.9 Å². The molecule has 2 aliphatic heterocycles. The highest BCUT2D eigenvalue weighted by atomic mass is 16.3. The molecular weight excluding hydrogens is 280 g/mol. The molecule has 0 aliphatic carbocycles. The van der Waals surface area contributed by atoms with Crippen molar-refractivity contribution >= 4 is 16.9 Å². The zero-order chi connectivity index (χ0) is 15.1. The van der Waals surface area contributed by atoms with Crippen molar-refractivity contribution in [1.29, 1.82) is 0 Å². The molecule has 1 aromatic heterocycles. The Morgan fingerprint density at radius 2 is 2.09 bits per heavy atom. The summed E-state index contributed by atoms with van der Waals surface area (Å²) in [4.78, 5) is 24.0. The van der Waals surface area contributed by atoms with E-state index in [9.17, 15) is 9.90 Å². The number of fused-ring (bicyclic) bond motifs is 1. The minimum absolute atomic E-state index is 0.0164. The Balaban J connectivity index is 1.52. The molecule has 2 atom stereocenters.